The fourth-order valence-electron chi connectivity index (χ4n) is 3.70. The van der Waals surface area contributed by atoms with Crippen LogP contribution in [0.4, 0.5) is 5.69 Å². The van der Waals surface area contributed by atoms with Crippen LogP contribution in [0.5, 0.6) is 17.2 Å². The number of nitrogens with one attached hydrogen (secondary N) is 1. The highest BCUT2D eigenvalue weighted by Crippen LogP contribution is 2.28. The SMILES string of the molecule is COc1ccccc1NC(=O)[C@@H](C)N1CCN(Cc2ccc(OC)c(OC)c2)CC1. The van der Waals surface area contributed by atoms with Crippen molar-refractivity contribution in [1.29, 1.82) is 0 Å². The highest BCUT2D eigenvalue weighted by Gasteiger charge is 2.26. The fourth-order valence-corrected chi connectivity index (χ4v) is 3.70. The van der Waals surface area contributed by atoms with E-state index in [2.05, 4.69) is 21.2 Å². The quantitative estimate of drug-likeness (QED) is 0.718. The number of rotatable bonds is 8. The Balaban J connectivity index is 1.53. The average molecular weight is 414 g/mol. The Kier molecular flexibility index (Phi) is 7.54. The Labute approximate surface area is 178 Å². The molecule has 3 rings (SSSR count). The predicted molar refractivity (Wildman–Crippen MR) is 117 cm³/mol. The first kappa shape index (κ1) is 21.9. The zero-order valence-electron chi connectivity index (χ0n) is 18.2. The Morgan fingerprint density at radius 1 is 0.933 bits per heavy atom. The molecule has 1 heterocycles. The number of para-hydroxylation sites is 2. The zero-order valence-corrected chi connectivity index (χ0v) is 18.2. The van der Waals surface area contributed by atoms with Crippen LogP contribution in [0.3, 0.4) is 0 Å². The Morgan fingerprint density at radius 3 is 2.27 bits per heavy atom. The normalized spacial score (nSPS) is 16.0. The minimum Gasteiger partial charge on any atom is -0.495 e. The van der Waals surface area contributed by atoms with Gasteiger partial charge in [0.1, 0.15) is 5.75 Å². The third-order valence-electron chi connectivity index (χ3n) is 5.55. The number of amides is 1. The minimum absolute atomic E-state index is 0.0205. The van der Waals surface area contributed by atoms with Gasteiger partial charge in [0.25, 0.3) is 0 Å². The van der Waals surface area contributed by atoms with Gasteiger partial charge in [0.2, 0.25) is 5.91 Å². The summed E-state index contributed by atoms with van der Waals surface area (Å²) in [5, 5.41) is 2.99. The number of carbonyl (C=O) groups is 1. The van der Waals surface area contributed by atoms with Crippen molar-refractivity contribution in [3.8, 4) is 17.2 Å². The molecule has 162 valence electrons. The zero-order chi connectivity index (χ0) is 21.5. The molecule has 30 heavy (non-hydrogen) atoms. The summed E-state index contributed by atoms with van der Waals surface area (Å²) in [6.07, 6.45) is 0. The van der Waals surface area contributed by atoms with Crippen LogP contribution in [-0.4, -0.2) is 69.3 Å². The molecule has 0 aromatic heterocycles. The van der Waals surface area contributed by atoms with Crippen molar-refractivity contribution in [3.63, 3.8) is 0 Å². The first-order valence-electron chi connectivity index (χ1n) is 10.2. The molecule has 1 amide bonds. The number of hydrogen-bond donors (Lipinski definition) is 1. The van der Waals surface area contributed by atoms with Crippen molar-refractivity contribution in [2.45, 2.75) is 19.5 Å². The van der Waals surface area contributed by atoms with E-state index in [4.69, 9.17) is 14.2 Å². The minimum atomic E-state index is -0.210. The van der Waals surface area contributed by atoms with E-state index in [-0.39, 0.29) is 11.9 Å². The van der Waals surface area contributed by atoms with Crippen LogP contribution in [-0.2, 0) is 11.3 Å². The van der Waals surface area contributed by atoms with Crippen LogP contribution < -0.4 is 19.5 Å². The molecule has 0 radical (unpaired) electrons. The number of hydrogen-bond acceptors (Lipinski definition) is 6. The Morgan fingerprint density at radius 2 is 1.60 bits per heavy atom. The average Bonchev–Trinajstić information content (AvgIpc) is 2.79. The van der Waals surface area contributed by atoms with Gasteiger partial charge in [-0.2, -0.15) is 0 Å². The molecule has 2 aromatic rings. The summed E-state index contributed by atoms with van der Waals surface area (Å²) in [6.45, 7) is 6.29. The molecule has 1 fully saturated rings. The van der Waals surface area contributed by atoms with Crippen molar-refractivity contribution in [1.82, 2.24) is 9.80 Å². The van der Waals surface area contributed by atoms with E-state index in [0.717, 1.165) is 44.2 Å². The highest BCUT2D eigenvalue weighted by molar-refractivity contribution is 5.95. The van der Waals surface area contributed by atoms with Gasteiger partial charge in [-0.3, -0.25) is 14.6 Å². The largest absolute Gasteiger partial charge is 0.495 e. The number of carbonyl (C=O) groups excluding carboxylic acids is 1. The first-order valence-corrected chi connectivity index (χ1v) is 10.2. The first-order chi connectivity index (χ1) is 14.5. The van der Waals surface area contributed by atoms with Gasteiger partial charge < -0.3 is 19.5 Å². The number of methoxy groups -OCH3 is 3. The van der Waals surface area contributed by atoms with Crippen molar-refractivity contribution >= 4 is 11.6 Å². The summed E-state index contributed by atoms with van der Waals surface area (Å²) in [5.74, 6) is 2.13. The smallest absolute Gasteiger partial charge is 0.241 e. The second kappa shape index (κ2) is 10.3. The molecule has 1 aliphatic heterocycles. The molecule has 1 atom stereocenters. The summed E-state index contributed by atoms with van der Waals surface area (Å²) < 4.78 is 16.0. The monoisotopic (exact) mass is 413 g/mol. The lowest BCUT2D eigenvalue weighted by Crippen LogP contribution is -2.52. The lowest BCUT2D eigenvalue weighted by Gasteiger charge is -2.37. The number of benzene rings is 2. The maximum absolute atomic E-state index is 12.7. The van der Waals surface area contributed by atoms with Crippen LogP contribution in [0.15, 0.2) is 42.5 Å². The van der Waals surface area contributed by atoms with E-state index in [9.17, 15) is 4.79 Å². The molecule has 2 aromatic carbocycles. The molecule has 7 nitrogen and oxygen atoms in total. The van der Waals surface area contributed by atoms with E-state index in [0.29, 0.717) is 11.4 Å². The summed E-state index contributed by atoms with van der Waals surface area (Å²) in [6, 6.07) is 13.3. The number of piperazine rings is 1. The lowest BCUT2D eigenvalue weighted by molar-refractivity contribution is -0.121. The third kappa shape index (κ3) is 5.23. The van der Waals surface area contributed by atoms with Gasteiger partial charge in [0.05, 0.1) is 33.1 Å². The number of anilines is 1. The van der Waals surface area contributed by atoms with Gasteiger partial charge in [-0.1, -0.05) is 18.2 Å². The maximum Gasteiger partial charge on any atom is 0.241 e. The van der Waals surface area contributed by atoms with E-state index < -0.39 is 0 Å². The Hall–Kier alpha value is -2.77. The van der Waals surface area contributed by atoms with Crippen LogP contribution in [0.25, 0.3) is 0 Å². The molecule has 0 bridgehead atoms. The molecule has 1 aliphatic rings. The predicted octanol–water partition coefficient (Wildman–Crippen LogP) is 2.86. The second-order valence-corrected chi connectivity index (χ2v) is 7.37. The lowest BCUT2D eigenvalue weighted by atomic mass is 10.1. The molecule has 0 spiro atoms. The van der Waals surface area contributed by atoms with Crippen LogP contribution >= 0.6 is 0 Å². The summed E-state index contributed by atoms with van der Waals surface area (Å²) in [5.41, 5.74) is 1.88. The maximum atomic E-state index is 12.7. The van der Waals surface area contributed by atoms with Crippen LogP contribution in [0.1, 0.15) is 12.5 Å². The van der Waals surface area contributed by atoms with E-state index in [1.165, 1.54) is 5.56 Å². The molecular formula is C23H31N3O4. The van der Waals surface area contributed by atoms with Crippen LogP contribution in [0, 0.1) is 0 Å². The molecule has 0 unspecified atom stereocenters. The Bertz CT molecular complexity index is 850. The topological polar surface area (TPSA) is 63.3 Å². The fraction of sp³-hybridized carbons (Fsp3) is 0.435. The molecule has 0 aliphatic carbocycles. The molecule has 1 saturated heterocycles. The third-order valence-corrected chi connectivity index (χ3v) is 5.55. The van der Waals surface area contributed by atoms with Crippen molar-refractivity contribution < 1.29 is 19.0 Å². The highest BCUT2D eigenvalue weighted by atomic mass is 16.5. The molecule has 7 heteroatoms. The van der Waals surface area contributed by atoms with Gasteiger partial charge in [-0.15, -0.1) is 0 Å². The van der Waals surface area contributed by atoms with E-state index >= 15 is 0 Å². The van der Waals surface area contributed by atoms with Crippen molar-refractivity contribution in [2.75, 3.05) is 52.8 Å². The summed E-state index contributed by atoms with van der Waals surface area (Å²) >= 11 is 0. The van der Waals surface area contributed by atoms with Crippen LogP contribution in [0.2, 0.25) is 0 Å². The molecular weight excluding hydrogens is 382 g/mol. The second-order valence-electron chi connectivity index (χ2n) is 7.37. The van der Waals surface area contributed by atoms with Gasteiger partial charge in [-0.25, -0.2) is 0 Å². The number of ether oxygens (including phenoxy) is 3. The number of nitrogens with zero attached hydrogens (tertiary/aromatic N) is 2. The standard InChI is InChI=1S/C23H31N3O4/c1-17(23(27)24-19-7-5-6-8-20(19)28-2)26-13-11-25(12-14-26)16-18-9-10-21(29-3)22(15-18)30-4/h5-10,15,17H,11-14,16H2,1-4H3,(H,24,27)/t17-/m1/s1. The molecule has 0 saturated carbocycles. The van der Waals surface area contributed by atoms with Gasteiger partial charge in [0, 0.05) is 32.7 Å². The summed E-state index contributed by atoms with van der Waals surface area (Å²) in [7, 11) is 4.89. The van der Waals surface area contributed by atoms with E-state index in [1.807, 2.05) is 43.3 Å². The van der Waals surface area contributed by atoms with E-state index in [1.54, 1.807) is 21.3 Å². The molecule has 1 N–H and O–H groups in total. The summed E-state index contributed by atoms with van der Waals surface area (Å²) in [4.78, 5) is 17.3. The van der Waals surface area contributed by atoms with Crippen molar-refractivity contribution in [3.05, 3.63) is 48.0 Å². The van der Waals surface area contributed by atoms with Crippen molar-refractivity contribution in [2.24, 2.45) is 0 Å². The van der Waals surface area contributed by atoms with Gasteiger partial charge >= 0.3 is 0 Å². The van der Waals surface area contributed by atoms with Gasteiger partial charge in [-0.05, 0) is 36.8 Å². The van der Waals surface area contributed by atoms with Gasteiger partial charge in [0.15, 0.2) is 11.5 Å².